The van der Waals surface area contributed by atoms with Crippen LogP contribution in [-0.2, 0) is 9.53 Å². The van der Waals surface area contributed by atoms with Crippen molar-refractivity contribution >= 4 is 60.1 Å². The van der Waals surface area contributed by atoms with Crippen molar-refractivity contribution in [3.05, 3.63) is 40.5 Å². The molecular formula is C19H18Br2FNO3S. The van der Waals surface area contributed by atoms with E-state index in [1.165, 1.54) is 23.5 Å². The molecule has 1 amide bonds. The van der Waals surface area contributed by atoms with E-state index in [-0.39, 0.29) is 18.3 Å². The Morgan fingerprint density at radius 1 is 1.30 bits per heavy atom. The van der Waals surface area contributed by atoms with Gasteiger partial charge in [0, 0.05) is 10.4 Å². The molecule has 0 aliphatic heterocycles. The molecule has 4 nitrogen and oxygen atoms in total. The van der Waals surface area contributed by atoms with Gasteiger partial charge >= 0.3 is 5.97 Å². The summed E-state index contributed by atoms with van der Waals surface area (Å²) < 4.78 is 18.1. The number of rotatable bonds is 5. The Labute approximate surface area is 177 Å². The molecule has 1 N–H and O–H groups in total. The maximum absolute atomic E-state index is 13.3. The lowest BCUT2D eigenvalue weighted by Gasteiger charge is -2.13. The molecule has 0 bridgehead atoms. The zero-order valence-electron chi connectivity index (χ0n) is 15.0. The topological polar surface area (TPSA) is 55.4 Å². The van der Waals surface area contributed by atoms with Crippen molar-refractivity contribution in [3.63, 3.8) is 0 Å². The van der Waals surface area contributed by atoms with Gasteiger partial charge in [0.1, 0.15) is 16.4 Å². The van der Waals surface area contributed by atoms with Gasteiger partial charge in [-0.05, 0) is 44.9 Å². The summed E-state index contributed by atoms with van der Waals surface area (Å²) in [5.74, 6) is -1.06. The minimum Gasteiger partial charge on any atom is -0.462 e. The molecule has 144 valence electrons. The molecule has 1 saturated carbocycles. The maximum atomic E-state index is 13.3. The molecule has 0 unspecified atom stereocenters. The zero-order valence-corrected chi connectivity index (χ0v) is 19.0. The molecule has 27 heavy (non-hydrogen) atoms. The molecule has 2 aromatic rings. The van der Waals surface area contributed by atoms with Gasteiger partial charge in [0.15, 0.2) is 0 Å². The summed E-state index contributed by atoms with van der Waals surface area (Å²) in [6.07, 6.45) is 0.635. The van der Waals surface area contributed by atoms with E-state index in [4.69, 9.17) is 4.74 Å². The van der Waals surface area contributed by atoms with Gasteiger partial charge in [-0.15, -0.1) is 11.3 Å². The van der Waals surface area contributed by atoms with E-state index in [0.717, 1.165) is 4.88 Å². The number of carbonyl (C=O) groups excluding carboxylic acids is 2. The number of carbonyl (C=O) groups is 2. The SMILES string of the molecule is CCOC(=O)c1c(NC(=O)[C@@]2(C)CC2(Br)Br)sc(C)c1-c1ccc(F)cc1. The van der Waals surface area contributed by atoms with Crippen LogP contribution in [0, 0.1) is 18.2 Å². The van der Waals surface area contributed by atoms with Crippen LogP contribution in [-0.4, -0.2) is 21.7 Å². The van der Waals surface area contributed by atoms with E-state index in [1.807, 2.05) is 13.8 Å². The second kappa shape index (κ2) is 7.29. The van der Waals surface area contributed by atoms with Crippen LogP contribution >= 0.6 is 43.2 Å². The molecule has 1 aliphatic rings. The number of alkyl halides is 2. The van der Waals surface area contributed by atoms with Crippen LogP contribution in [0.5, 0.6) is 0 Å². The van der Waals surface area contributed by atoms with Crippen molar-refractivity contribution in [2.75, 3.05) is 11.9 Å². The number of hydrogen-bond acceptors (Lipinski definition) is 4. The zero-order chi connectivity index (χ0) is 20.0. The molecule has 1 heterocycles. The van der Waals surface area contributed by atoms with E-state index >= 15 is 0 Å². The predicted molar refractivity (Wildman–Crippen MR) is 112 cm³/mol. The second-order valence-corrected chi connectivity index (χ2v) is 11.6. The summed E-state index contributed by atoms with van der Waals surface area (Å²) in [6, 6.07) is 5.91. The van der Waals surface area contributed by atoms with Crippen molar-refractivity contribution in [2.45, 2.75) is 30.4 Å². The third-order valence-corrected chi connectivity index (χ3v) is 8.01. The predicted octanol–water partition coefficient (Wildman–Crippen LogP) is 5.87. The minimum atomic E-state index is -0.618. The number of benzene rings is 1. The standard InChI is InChI=1S/C19H18Br2FNO3S/c1-4-26-16(24)14-13(11-5-7-12(22)8-6-11)10(2)27-15(14)23-17(25)18(3)9-19(18,20)21/h5-8H,4,9H2,1-3H3,(H,23,25)/t18-/m1/s1. The third-order valence-electron chi connectivity index (χ3n) is 4.68. The van der Waals surface area contributed by atoms with Gasteiger partial charge in [-0.3, -0.25) is 4.79 Å². The average Bonchev–Trinajstić information content (AvgIpc) is 2.94. The lowest BCUT2D eigenvalue weighted by atomic mass is 10.0. The van der Waals surface area contributed by atoms with Gasteiger partial charge in [0.05, 0.1) is 15.3 Å². The van der Waals surface area contributed by atoms with Gasteiger partial charge < -0.3 is 10.1 Å². The second-order valence-electron chi connectivity index (χ2n) is 6.63. The highest BCUT2D eigenvalue weighted by Gasteiger charge is 2.66. The summed E-state index contributed by atoms with van der Waals surface area (Å²) in [6.45, 7) is 5.65. The molecule has 0 spiro atoms. The normalized spacial score (nSPS) is 20.2. The Hall–Kier alpha value is -1.25. The first-order valence-corrected chi connectivity index (χ1v) is 10.8. The van der Waals surface area contributed by atoms with Gasteiger partial charge in [-0.25, -0.2) is 9.18 Å². The number of anilines is 1. The lowest BCUT2D eigenvalue weighted by molar-refractivity contribution is -0.120. The fourth-order valence-corrected chi connectivity index (χ4v) is 5.42. The van der Waals surface area contributed by atoms with Crippen LogP contribution in [0.1, 0.15) is 35.5 Å². The van der Waals surface area contributed by atoms with Crippen molar-refractivity contribution in [1.29, 1.82) is 0 Å². The monoisotopic (exact) mass is 517 g/mol. The van der Waals surface area contributed by atoms with Crippen LogP contribution in [0.4, 0.5) is 9.39 Å². The average molecular weight is 519 g/mol. The fraction of sp³-hybridized carbons (Fsp3) is 0.368. The van der Waals surface area contributed by atoms with Crippen LogP contribution < -0.4 is 5.32 Å². The highest BCUT2D eigenvalue weighted by Crippen LogP contribution is 2.66. The molecule has 8 heteroatoms. The first-order chi connectivity index (χ1) is 12.6. The number of thiophene rings is 1. The van der Waals surface area contributed by atoms with Crippen molar-refractivity contribution in [2.24, 2.45) is 5.41 Å². The first-order valence-electron chi connectivity index (χ1n) is 8.36. The smallest absolute Gasteiger partial charge is 0.341 e. The summed E-state index contributed by atoms with van der Waals surface area (Å²) in [4.78, 5) is 26.3. The number of nitrogens with one attached hydrogen (secondary N) is 1. The van der Waals surface area contributed by atoms with E-state index in [1.54, 1.807) is 19.1 Å². The van der Waals surface area contributed by atoms with E-state index < -0.39 is 14.6 Å². The van der Waals surface area contributed by atoms with Crippen molar-refractivity contribution in [1.82, 2.24) is 0 Å². The number of amides is 1. The maximum Gasteiger partial charge on any atom is 0.341 e. The Morgan fingerprint density at radius 3 is 2.41 bits per heavy atom. The summed E-state index contributed by atoms with van der Waals surface area (Å²) in [5, 5.41) is 3.34. The summed E-state index contributed by atoms with van der Waals surface area (Å²) >= 11 is 8.29. The van der Waals surface area contributed by atoms with Gasteiger partial charge in [0.2, 0.25) is 5.91 Å². The minimum absolute atomic E-state index is 0.186. The number of ether oxygens (including phenoxy) is 1. The molecular weight excluding hydrogens is 501 g/mol. The van der Waals surface area contributed by atoms with E-state index in [0.29, 0.717) is 28.1 Å². The first kappa shape index (κ1) is 20.5. The highest BCUT2D eigenvalue weighted by atomic mass is 79.9. The van der Waals surface area contributed by atoms with Crippen LogP contribution in [0.25, 0.3) is 11.1 Å². The largest absolute Gasteiger partial charge is 0.462 e. The number of hydrogen-bond donors (Lipinski definition) is 1. The molecule has 1 aliphatic carbocycles. The lowest BCUT2D eigenvalue weighted by Crippen LogP contribution is -2.26. The molecule has 3 rings (SSSR count). The van der Waals surface area contributed by atoms with E-state index in [2.05, 4.69) is 37.2 Å². The molecule has 1 atom stereocenters. The van der Waals surface area contributed by atoms with Crippen molar-refractivity contribution < 1.29 is 18.7 Å². The van der Waals surface area contributed by atoms with Crippen LogP contribution in [0.15, 0.2) is 24.3 Å². The number of aryl methyl sites for hydroxylation is 1. The number of esters is 1. The molecule has 0 radical (unpaired) electrons. The van der Waals surface area contributed by atoms with Crippen molar-refractivity contribution in [3.8, 4) is 11.1 Å². The Kier molecular flexibility index (Phi) is 5.53. The van der Waals surface area contributed by atoms with E-state index in [9.17, 15) is 14.0 Å². The van der Waals surface area contributed by atoms with Crippen LogP contribution in [0.2, 0.25) is 0 Å². The molecule has 1 aromatic heterocycles. The van der Waals surface area contributed by atoms with Crippen LogP contribution in [0.3, 0.4) is 0 Å². The van der Waals surface area contributed by atoms with Gasteiger partial charge in [-0.2, -0.15) is 0 Å². The molecule has 0 saturated heterocycles. The Morgan fingerprint density at radius 2 is 1.89 bits per heavy atom. The fourth-order valence-electron chi connectivity index (χ4n) is 2.88. The third kappa shape index (κ3) is 3.71. The van der Waals surface area contributed by atoms with Gasteiger partial charge in [-0.1, -0.05) is 44.0 Å². The highest BCUT2D eigenvalue weighted by molar-refractivity contribution is 9.25. The Balaban J connectivity index is 2.04. The quantitative estimate of drug-likeness (QED) is 0.397. The molecule has 1 fully saturated rings. The Bertz CT molecular complexity index is 910. The number of halogens is 3. The summed E-state index contributed by atoms with van der Waals surface area (Å²) in [7, 11) is 0. The summed E-state index contributed by atoms with van der Waals surface area (Å²) in [5.41, 5.74) is 1.03. The molecule has 1 aromatic carbocycles. The van der Waals surface area contributed by atoms with Gasteiger partial charge in [0.25, 0.3) is 0 Å².